The Kier molecular flexibility index (Phi) is 1.22. The van der Waals surface area contributed by atoms with E-state index in [1.165, 1.54) is 0 Å². The van der Waals surface area contributed by atoms with Gasteiger partial charge in [0.1, 0.15) is 19.8 Å². The van der Waals surface area contributed by atoms with Gasteiger partial charge in [0, 0.05) is 0 Å². The summed E-state index contributed by atoms with van der Waals surface area (Å²) in [5.41, 5.74) is 0.332. The first kappa shape index (κ1) is 5.65. The van der Waals surface area contributed by atoms with Crippen LogP contribution in [0.4, 0.5) is 0 Å². The second-order valence-electron chi connectivity index (χ2n) is 2.90. The van der Waals surface area contributed by atoms with Gasteiger partial charge in [-0.15, -0.1) is 0 Å². The number of hydrogen-bond donors (Lipinski definition) is 1. The van der Waals surface area contributed by atoms with Crippen molar-refractivity contribution in [2.24, 2.45) is 0 Å². The van der Waals surface area contributed by atoms with E-state index in [1.807, 2.05) is 0 Å². The Morgan fingerprint density at radius 2 is 1.89 bits per heavy atom. The molecular formula is C6H12NO2+. The molecule has 0 aromatic heterocycles. The van der Waals surface area contributed by atoms with Gasteiger partial charge in [-0.05, 0) is 0 Å². The molecule has 3 heteroatoms. The van der Waals surface area contributed by atoms with E-state index < -0.39 is 0 Å². The van der Waals surface area contributed by atoms with Gasteiger partial charge >= 0.3 is 0 Å². The lowest BCUT2D eigenvalue weighted by molar-refractivity contribution is -0.762. The van der Waals surface area contributed by atoms with Gasteiger partial charge in [0.25, 0.3) is 0 Å². The fourth-order valence-electron chi connectivity index (χ4n) is 1.35. The molecule has 2 saturated heterocycles. The minimum absolute atomic E-state index is 0.332. The van der Waals surface area contributed by atoms with Crippen LogP contribution in [-0.4, -0.2) is 38.5 Å². The third kappa shape index (κ3) is 0.852. The molecule has 0 amide bonds. The number of quaternary nitrogens is 1. The Morgan fingerprint density at radius 3 is 2.22 bits per heavy atom. The van der Waals surface area contributed by atoms with Crippen molar-refractivity contribution in [3.05, 3.63) is 0 Å². The molecule has 1 spiro atoms. The largest absolute Gasteiger partial charge is 0.369 e. The minimum Gasteiger partial charge on any atom is -0.369 e. The predicted octanol–water partition coefficient (Wildman–Crippen LogP) is -1.65. The zero-order valence-electron chi connectivity index (χ0n) is 5.43. The highest BCUT2D eigenvalue weighted by Crippen LogP contribution is 2.13. The molecular weight excluding hydrogens is 118 g/mol. The Morgan fingerprint density at radius 1 is 1.11 bits per heavy atom. The zero-order valence-corrected chi connectivity index (χ0v) is 5.43. The van der Waals surface area contributed by atoms with E-state index in [1.54, 1.807) is 0 Å². The monoisotopic (exact) mass is 130 g/mol. The van der Waals surface area contributed by atoms with Crippen molar-refractivity contribution in [1.82, 2.24) is 0 Å². The topological polar surface area (TPSA) is 35.1 Å². The van der Waals surface area contributed by atoms with E-state index in [2.05, 4.69) is 5.32 Å². The summed E-state index contributed by atoms with van der Waals surface area (Å²) in [7, 11) is 0. The molecule has 2 rings (SSSR count). The Bertz CT molecular complexity index is 104. The van der Waals surface area contributed by atoms with Crippen LogP contribution >= 0.6 is 0 Å². The van der Waals surface area contributed by atoms with Crippen molar-refractivity contribution < 1.29 is 14.8 Å². The van der Waals surface area contributed by atoms with Crippen LogP contribution in [0.3, 0.4) is 0 Å². The van der Waals surface area contributed by atoms with E-state index in [-0.39, 0.29) is 0 Å². The molecule has 0 radical (unpaired) electrons. The molecule has 52 valence electrons. The lowest BCUT2D eigenvalue weighted by Crippen LogP contribution is -3.05. The van der Waals surface area contributed by atoms with Crippen molar-refractivity contribution >= 4 is 0 Å². The van der Waals surface area contributed by atoms with Crippen molar-refractivity contribution in [2.45, 2.75) is 5.54 Å². The standard InChI is InChI=1S/C6H11NO2/c1-2-8-3-6(7-1)4-9-5-6/h7H,1-5H2/p+1. The maximum absolute atomic E-state index is 5.32. The van der Waals surface area contributed by atoms with Crippen molar-refractivity contribution in [2.75, 3.05) is 33.0 Å². The Labute approximate surface area is 54.3 Å². The predicted molar refractivity (Wildman–Crippen MR) is 31.2 cm³/mol. The van der Waals surface area contributed by atoms with E-state index >= 15 is 0 Å². The van der Waals surface area contributed by atoms with Crippen LogP contribution in [0.15, 0.2) is 0 Å². The average molecular weight is 130 g/mol. The summed E-state index contributed by atoms with van der Waals surface area (Å²) in [6, 6.07) is 0. The number of rotatable bonds is 0. The second-order valence-corrected chi connectivity index (χ2v) is 2.90. The summed E-state index contributed by atoms with van der Waals surface area (Å²) in [6.45, 7) is 4.65. The maximum atomic E-state index is 5.32. The smallest absolute Gasteiger partial charge is 0.167 e. The summed E-state index contributed by atoms with van der Waals surface area (Å²) < 4.78 is 10.4. The van der Waals surface area contributed by atoms with E-state index in [4.69, 9.17) is 9.47 Å². The molecule has 2 fully saturated rings. The number of morpholine rings is 1. The molecule has 2 aliphatic heterocycles. The van der Waals surface area contributed by atoms with Crippen molar-refractivity contribution in [1.29, 1.82) is 0 Å². The van der Waals surface area contributed by atoms with Crippen LogP contribution in [0.25, 0.3) is 0 Å². The van der Waals surface area contributed by atoms with E-state index in [0.717, 1.165) is 33.0 Å². The first-order valence-corrected chi connectivity index (χ1v) is 3.41. The van der Waals surface area contributed by atoms with Gasteiger partial charge in [0.15, 0.2) is 5.54 Å². The fourth-order valence-corrected chi connectivity index (χ4v) is 1.35. The molecule has 9 heavy (non-hydrogen) atoms. The molecule has 0 aromatic carbocycles. The summed E-state index contributed by atoms with van der Waals surface area (Å²) in [4.78, 5) is 0. The molecule has 3 nitrogen and oxygen atoms in total. The van der Waals surface area contributed by atoms with Crippen LogP contribution < -0.4 is 5.32 Å². The molecule has 0 aromatic rings. The van der Waals surface area contributed by atoms with Gasteiger partial charge in [0.2, 0.25) is 0 Å². The van der Waals surface area contributed by atoms with Crippen molar-refractivity contribution in [3.63, 3.8) is 0 Å². The Hall–Kier alpha value is -0.120. The van der Waals surface area contributed by atoms with Crippen LogP contribution in [-0.2, 0) is 9.47 Å². The van der Waals surface area contributed by atoms with Crippen LogP contribution in [0.1, 0.15) is 0 Å². The highest BCUT2D eigenvalue weighted by atomic mass is 16.5. The zero-order chi connectivity index (χ0) is 6.16. The van der Waals surface area contributed by atoms with Gasteiger partial charge in [-0.3, -0.25) is 0 Å². The molecule has 0 atom stereocenters. The minimum atomic E-state index is 0.332. The summed E-state index contributed by atoms with van der Waals surface area (Å²) >= 11 is 0. The molecule has 0 saturated carbocycles. The molecule has 2 N–H and O–H groups in total. The normalized spacial score (nSPS) is 32.0. The van der Waals surface area contributed by atoms with Gasteiger partial charge in [-0.25, -0.2) is 0 Å². The quantitative estimate of drug-likeness (QED) is 0.426. The molecule has 0 unspecified atom stereocenters. The van der Waals surface area contributed by atoms with E-state index in [9.17, 15) is 0 Å². The van der Waals surface area contributed by atoms with Gasteiger partial charge in [-0.1, -0.05) is 0 Å². The highest BCUT2D eigenvalue weighted by Gasteiger charge is 2.44. The van der Waals surface area contributed by atoms with Gasteiger partial charge < -0.3 is 14.8 Å². The Balaban J connectivity index is 1.93. The first-order chi connectivity index (χ1) is 4.41. The van der Waals surface area contributed by atoms with Crippen LogP contribution in [0, 0.1) is 0 Å². The fraction of sp³-hybridized carbons (Fsp3) is 1.00. The summed E-state index contributed by atoms with van der Waals surface area (Å²) in [5.74, 6) is 0. The number of ether oxygens (including phenoxy) is 2. The third-order valence-corrected chi connectivity index (χ3v) is 2.01. The van der Waals surface area contributed by atoms with Crippen LogP contribution in [0.5, 0.6) is 0 Å². The summed E-state index contributed by atoms with van der Waals surface area (Å²) in [6.07, 6.45) is 0. The molecule has 0 bridgehead atoms. The first-order valence-electron chi connectivity index (χ1n) is 3.41. The van der Waals surface area contributed by atoms with Crippen LogP contribution in [0.2, 0.25) is 0 Å². The third-order valence-electron chi connectivity index (χ3n) is 2.01. The molecule has 2 aliphatic rings. The van der Waals surface area contributed by atoms with Crippen molar-refractivity contribution in [3.8, 4) is 0 Å². The summed E-state index contributed by atoms with van der Waals surface area (Å²) in [5, 5.41) is 2.35. The highest BCUT2D eigenvalue weighted by molar-refractivity contribution is 4.85. The van der Waals surface area contributed by atoms with Gasteiger partial charge in [0.05, 0.1) is 13.2 Å². The van der Waals surface area contributed by atoms with E-state index in [0.29, 0.717) is 5.54 Å². The number of hydrogen-bond acceptors (Lipinski definition) is 2. The molecule has 0 aliphatic carbocycles. The van der Waals surface area contributed by atoms with Gasteiger partial charge in [-0.2, -0.15) is 0 Å². The average Bonchev–Trinajstić information content (AvgIpc) is 1.87. The molecule has 2 heterocycles. The maximum Gasteiger partial charge on any atom is 0.167 e. The lowest BCUT2D eigenvalue weighted by Gasteiger charge is -2.40. The number of nitrogens with two attached hydrogens (primary N) is 1. The SMILES string of the molecule is C1COCC2(COC2)[NH2+]1. The lowest BCUT2D eigenvalue weighted by atomic mass is 9.98. The second kappa shape index (κ2) is 1.94.